The van der Waals surface area contributed by atoms with E-state index < -0.39 is 0 Å². The molecule has 1 N–H and O–H groups in total. The largest absolute Gasteiger partial charge is 0.396 e. The Balaban J connectivity index is 2.01. The van der Waals surface area contributed by atoms with Gasteiger partial charge >= 0.3 is 0 Å². The van der Waals surface area contributed by atoms with E-state index in [1.165, 1.54) is 6.33 Å². The lowest BCUT2D eigenvalue weighted by Gasteiger charge is -2.19. The average Bonchev–Trinajstić information content (AvgIpc) is 2.93. The second kappa shape index (κ2) is 5.85. The number of para-hydroxylation sites is 1. The summed E-state index contributed by atoms with van der Waals surface area (Å²) in [4.78, 5) is 22.9. The van der Waals surface area contributed by atoms with Gasteiger partial charge in [-0.15, -0.1) is 0 Å². The molecule has 0 saturated heterocycles. The zero-order chi connectivity index (χ0) is 15.7. The lowest BCUT2D eigenvalue weighted by Crippen LogP contribution is -2.31. The van der Waals surface area contributed by atoms with Gasteiger partial charge in [0.15, 0.2) is 0 Å². The Kier molecular flexibility index (Phi) is 3.90. The minimum Gasteiger partial charge on any atom is -0.396 e. The van der Waals surface area contributed by atoms with Crippen LogP contribution in [0.15, 0.2) is 36.8 Å². The lowest BCUT2D eigenvalue weighted by atomic mass is 10.0. The summed E-state index contributed by atoms with van der Waals surface area (Å²) in [6.45, 7) is 4.53. The third kappa shape index (κ3) is 2.37. The van der Waals surface area contributed by atoms with Gasteiger partial charge in [-0.1, -0.05) is 32.0 Å². The van der Waals surface area contributed by atoms with Gasteiger partial charge in [0.05, 0.1) is 17.9 Å². The molecule has 5 heteroatoms. The topological polar surface area (TPSA) is 66.3 Å². The van der Waals surface area contributed by atoms with Crippen molar-refractivity contribution in [2.75, 3.05) is 18.1 Å². The molecule has 0 radical (unpaired) electrons. The third-order valence-corrected chi connectivity index (χ3v) is 4.06. The van der Waals surface area contributed by atoms with E-state index in [-0.39, 0.29) is 24.3 Å². The van der Waals surface area contributed by atoms with E-state index in [0.717, 1.165) is 16.9 Å². The van der Waals surface area contributed by atoms with Gasteiger partial charge in [0.25, 0.3) is 5.91 Å². The van der Waals surface area contributed by atoms with E-state index in [4.69, 9.17) is 0 Å². The van der Waals surface area contributed by atoms with Crippen molar-refractivity contribution in [3.8, 4) is 0 Å². The standard InChI is InChI=1S/C17H19N3O2/c1-11(2)16-14(7-18-10-19-16)17(22)20-8-12(9-21)13-5-3-4-6-15(13)20/h3-7,10-12,21H,8-9H2,1-2H3. The highest BCUT2D eigenvalue weighted by Crippen LogP contribution is 2.37. The Bertz CT molecular complexity index is 700. The zero-order valence-electron chi connectivity index (χ0n) is 12.7. The summed E-state index contributed by atoms with van der Waals surface area (Å²) in [6, 6.07) is 7.72. The van der Waals surface area contributed by atoms with Gasteiger partial charge in [-0.25, -0.2) is 9.97 Å². The van der Waals surface area contributed by atoms with Crippen LogP contribution in [0.5, 0.6) is 0 Å². The smallest absolute Gasteiger partial charge is 0.261 e. The van der Waals surface area contributed by atoms with Crippen LogP contribution in [0.3, 0.4) is 0 Å². The fourth-order valence-electron chi connectivity index (χ4n) is 2.95. The van der Waals surface area contributed by atoms with Crippen molar-refractivity contribution in [1.82, 2.24) is 9.97 Å². The number of nitrogens with zero attached hydrogens (tertiary/aromatic N) is 3. The molecule has 1 unspecified atom stereocenters. The number of amides is 1. The number of rotatable bonds is 3. The first kappa shape index (κ1) is 14.7. The fraction of sp³-hybridized carbons (Fsp3) is 0.353. The summed E-state index contributed by atoms with van der Waals surface area (Å²) < 4.78 is 0. The van der Waals surface area contributed by atoms with Crippen LogP contribution in [0, 0.1) is 0 Å². The van der Waals surface area contributed by atoms with Crippen LogP contribution >= 0.6 is 0 Å². The second-order valence-corrected chi connectivity index (χ2v) is 5.83. The Labute approximate surface area is 129 Å². The van der Waals surface area contributed by atoms with Crippen LogP contribution in [0.4, 0.5) is 5.69 Å². The van der Waals surface area contributed by atoms with E-state index in [2.05, 4.69) is 9.97 Å². The number of hydrogen-bond acceptors (Lipinski definition) is 4. The molecule has 0 bridgehead atoms. The molecule has 1 aromatic heterocycles. The summed E-state index contributed by atoms with van der Waals surface area (Å²) in [7, 11) is 0. The molecule has 3 rings (SSSR count). The molecule has 22 heavy (non-hydrogen) atoms. The summed E-state index contributed by atoms with van der Waals surface area (Å²) in [5, 5.41) is 9.56. The van der Waals surface area contributed by atoms with Crippen molar-refractivity contribution in [2.45, 2.75) is 25.7 Å². The van der Waals surface area contributed by atoms with Gasteiger partial charge in [0.1, 0.15) is 6.33 Å². The first-order valence-electron chi connectivity index (χ1n) is 7.45. The minimum atomic E-state index is -0.104. The first-order chi connectivity index (χ1) is 10.6. The normalized spacial score (nSPS) is 16.9. The van der Waals surface area contributed by atoms with E-state index >= 15 is 0 Å². The SMILES string of the molecule is CC(C)c1ncncc1C(=O)N1CC(CO)c2ccccc21. The number of fused-ring (bicyclic) bond motifs is 1. The van der Waals surface area contributed by atoms with Crippen molar-refractivity contribution < 1.29 is 9.90 Å². The molecular weight excluding hydrogens is 278 g/mol. The number of aromatic nitrogens is 2. The molecule has 0 fully saturated rings. The Morgan fingerprint density at radius 3 is 2.91 bits per heavy atom. The molecule has 1 aromatic carbocycles. The second-order valence-electron chi connectivity index (χ2n) is 5.83. The molecule has 2 aromatic rings. The van der Waals surface area contributed by atoms with Crippen LogP contribution in [0.2, 0.25) is 0 Å². The predicted molar refractivity (Wildman–Crippen MR) is 84.1 cm³/mol. The van der Waals surface area contributed by atoms with Gasteiger partial charge in [0.2, 0.25) is 0 Å². The predicted octanol–water partition coefficient (Wildman–Crippen LogP) is 2.34. The Morgan fingerprint density at radius 2 is 2.18 bits per heavy atom. The molecule has 1 amide bonds. The van der Waals surface area contributed by atoms with Gasteiger partial charge in [-0.3, -0.25) is 4.79 Å². The number of carbonyl (C=O) groups excluding carboxylic acids is 1. The highest BCUT2D eigenvalue weighted by molar-refractivity contribution is 6.08. The van der Waals surface area contributed by atoms with Crippen molar-refractivity contribution >= 4 is 11.6 Å². The molecule has 0 saturated carbocycles. The Morgan fingerprint density at radius 1 is 1.41 bits per heavy atom. The molecule has 2 heterocycles. The highest BCUT2D eigenvalue weighted by atomic mass is 16.3. The maximum atomic E-state index is 13.0. The summed E-state index contributed by atoms with van der Waals surface area (Å²) >= 11 is 0. The van der Waals surface area contributed by atoms with Crippen LogP contribution in [0.25, 0.3) is 0 Å². The average molecular weight is 297 g/mol. The van der Waals surface area contributed by atoms with Gasteiger partial charge in [-0.2, -0.15) is 0 Å². The van der Waals surface area contributed by atoms with Crippen LogP contribution < -0.4 is 4.90 Å². The lowest BCUT2D eigenvalue weighted by molar-refractivity contribution is 0.0984. The van der Waals surface area contributed by atoms with Gasteiger partial charge < -0.3 is 10.0 Å². The molecule has 5 nitrogen and oxygen atoms in total. The maximum absolute atomic E-state index is 13.0. The molecule has 114 valence electrons. The van der Waals surface area contributed by atoms with Crippen LogP contribution in [-0.4, -0.2) is 34.1 Å². The van der Waals surface area contributed by atoms with Crippen molar-refractivity contribution in [2.24, 2.45) is 0 Å². The third-order valence-electron chi connectivity index (χ3n) is 4.06. The number of aliphatic hydroxyl groups excluding tert-OH is 1. The molecule has 1 aliphatic rings. The highest BCUT2D eigenvalue weighted by Gasteiger charge is 2.33. The van der Waals surface area contributed by atoms with Crippen molar-refractivity contribution in [1.29, 1.82) is 0 Å². The van der Waals surface area contributed by atoms with Gasteiger partial charge in [-0.05, 0) is 17.5 Å². The van der Waals surface area contributed by atoms with E-state index in [1.807, 2.05) is 38.1 Å². The summed E-state index contributed by atoms with van der Waals surface area (Å²) in [5.41, 5.74) is 3.17. The molecule has 0 spiro atoms. The number of anilines is 1. The zero-order valence-corrected chi connectivity index (χ0v) is 12.7. The molecule has 0 aliphatic carbocycles. The summed E-state index contributed by atoms with van der Waals surface area (Å²) in [5.74, 6) is 0.00779. The van der Waals surface area contributed by atoms with Crippen LogP contribution in [-0.2, 0) is 0 Å². The van der Waals surface area contributed by atoms with E-state index in [0.29, 0.717) is 12.1 Å². The fourth-order valence-corrected chi connectivity index (χ4v) is 2.95. The number of carbonyl (C=O) groups is 1. The van der Waals surface area contributed by atoms with Crippen LogP contribution in [0.1, 0.15) is 47.3 Å². The van der Waals surface area contributed by atoms with Crippen molar-refractivity contribution in [3.05, 3.63) is 53.6 Å². The quantitative estimate of drug-likeness (QED) is 0.944. The minimum absolute atomic E-state index is 0.0309. The number of aliphatic hydroxyl groups is 1. The van der Waals surface area contributed by atoms with Crippen molar-refractivity contribution in [3.63, 3.8) is 0 Å². The van der Waals surface area contributed by atoms with E-state index in [1.54, 1.807) is 11.1 Å². The first-order valence-corrected chi connectivity index (χ1v) is 7.45. The molecule has 1 atom stereocenters. The molecule has 1 aliphatic heterocycles. The monoisotopic (exact) mass is 297 g/mol. The van der Waals surface area contributed by atoms with Gasteiger partial charge in [0, 0.05) is 24.3 Å². The summed E-state index contributed by atoms with van der Waals surface area (Å²) in [6.07, 6.45) is 3.06. The number of hydrogen-bond donors (Lipinski definition) is 1. The van der Waals surface area contributed by atoms with E-state index in [9.17, 15) is 9.90 Å². The number of benzene rings is 1. The molecular formula is C17H19N3O2. The Hall–Kier alpha value is -2.27. The maximum Gasteiger partial charge on any atom is 0.261 e.